The van der Waals surface area contributed by atoms with E-state index in [1.165, 1.54) is 24.3 Å². The molecule has 1 fully saturated rings. The van der Waals surface area contributed by atoms with Crippen molar-refractivity contribution in [2.24, 2.45) is 10.2 Å². The van der Waals surface area contributed by atoms with E-state index in [4.69, 9.17) is 0 Å². The summed E-state index contributed by atoms with van der Waals surface area (Å²) in [4.78, 5) is 34.3. The number of carbonyl (C=O) groups excluding carboxylic acids is 2. The van der Waals surface area contributed by atoms with E-state index < -0.39 is 10.2 Å². The first-order chi connectivity index (χ1) is 13.5. The Labute approximate surface area is 164 Å². The zero-order valence-corrected chi connectivity index (χ0v) is 15.3. The lowest BCUT2D eigenvalue weighted by atomic mass is 10.2. The van der Waals surface area contributed by atoms with E-state index >= 15 is 0 Å². The highest BCUT2D eigenvalue weighted by Crippen LogP contribution is 2.23. The van der Waals surface area contributed by atoms with Crippen LogP contribution in [0.5, 0.6) is 0 Å². The van der Waals surface area contributed by atoms with Gasteiger partial charge in [-0.1, -0.05) is 42.1 Å². The van der Waals surface area contributed by atoms with Crippen LogP contribution in [0.1, 0.15) is 12.0 Å². The SMILES string of the molecule is O=C(CC1S/C(=N/N=C\c2ccccc2)NC1=O)Nc1ccc([N+](=O)[O-])cc1. The van der Waals surface area contributed by atoms with Crippen molar-refractivity contribution in [2.45, 2.75) is 11.7 Å². The van der Waals surface area contributed by atoms with Crippen LogP contribution in [0.15, 0.2) is 64.8 Å². The Kier molecular flexibility index (Phi) is 6.12. The van der Waals surface area contributed by atoms with Crippen molar-refractivity contribution in [1.29, 1.82) is 0 Å². The van der Waals surface area contributed by atoms with Crippen LogP contribution < -0.4 is 10.6 Å². The molecule has 142 valence electrons. The predicted molar refractivity (Wildman–Crippen MR) is 107 cm³/mol. The van der Waals surface area contributed by atoms with Crippen molar-refractivity contribution in [2.75, 3.05) is 5.32 Å². The van der Waals surface area contributed by atoms with Crippen molar-refractivity contribution in [3.8, 4) is 0 Å². The van der Waals surface area contributed by atoms with Gasteiger partial charge in [-0.25, -0.2) is 0 Å². The van der Waals surface area contributed by atoms with Gasteiger partial charge in [-0.05, 0) is 17.7 Å². The Hall–Kier alpha value is -3.53. The molecular formula is C18H15N5O4S. The first kappa shape index (κ1) is 19.2. The van der Waals surface area contributed by atoms with Crippen LogP contribution in [-0.2, 0) is 9.59 Å². The van der Waals surface area contributed by atoms with E-state index in [-0.39, 0.29) is 23.9 Å². The van der Waals surface area contributed by atoms with Gasteiger partial charge in [-0.2, -0.15) is 5.10 Å². The van der Waals surface area contributed by atoms with Gasteiger partial charge < -0.3 is 10.6 Å². The standard InChI is InChI=1S/C18H15N5O4S/c24-16(20-13-6-8-14(9-7-13)23(26)27)10-15-17(25)21-18(28-15)22-19-11-12-4-2-1-3-5-12/h1-9,11,15H,10H2,(H,20,24)(H,21,22,25)/b19-11-. The lowest BCUT2D eigenvalue weighted by molar-refractivity contribution is -0.384. The van der Waals surface area contributed by atoms with Gasteiger partial charge in [-0.15, -0.1) is 5.10 Å². The number of carbonyl (C=O) groups is 2. The molecule has 1 aliphatic heterocycles. The molecule has 0 bridgehead atoms. The molecule has 1 heterocycles. The molecule has 3 rings (SSSR count). The largest absolute Gasteiger partial charge is 0.326 e. The maximum absolute atomic E-state index is 12.1. The molecule has 1 saturated heterocycles. The third kappa shape index (κ3) is 5.24. The second kappa shape index (κ2) is 8.91. The van der Waals surface area contributed by atoms with Crippen LogP contribution >= 0.6 is 11.8 Å². The Morgan fingerprint density at radius 2 is 1.93 bits per heavy atom. The summed E-state index contributed by atoms with van der Waals surface area (Å²) in [5, 5.41) is 23.4. The van der Waals surface area contributed by atoms with Crippen LogP contribution in [0.3, 0.4) is 0 Å². The highest BCUT2D eigenvalue weighted by atomic mass is 32.2. The Bertz CT molecular complexity index is 944. The molecule has 0 radical (unpaired) electrons. The number of amides is 2. The quantitative estimate of drug-likeness (QED) is 0.440. The molecule has 28 heavy (non-hydrogen) atoms. The number of nitrogens with zero attached hydrogens (tertiary/aromatic N) is 3. The number of hydrogen-bond acceptors (Lipinski definition) is 7. The molecule has 0 spiro atoms. The van der Waals surface area contributed by atoms with Gasteiger partial charge in [0.25, 0.3) is 5.69 Å². The number of nitro groups is 1. The van der Waals surface area contributed by atoms with E-state index in [2.05, 4.69) is 20.8 Å². The molecular weight excluding hydrogens is 382 g/mol. The smallest absolute Gasteiger partial charge is 0.269 e. The van der Waals surface area contributed by atoms with E-state index in [9.17, 15) is 19.7 Å². The van der Waals surface area contributed by atoms with Crippen LogP contribution in [0.25, 0.3) is 0 Å². The number of nitrogens with one attached hydrogen (secondary N) is 2. The van der Waals surface area contributed by atoms with Crippen LogP contribution in [0.4, 0.5) is 11.4 Å². The number of rotatable bonds is 6. The number of anilines is 1. The predicted octanol–water partition coefficient (Wildman–Crippen LogP) is 2.55. The molecule has 0 aromatic heterocycles. The van der Waals surface area contributed by atoms with Crippen molar-refractivity contribution in [1.82, 2.24) is 5.32 Å². The van der Waals surface area contributed by atoms with Crippen LogP contribution in [0, 0.1) is 10.1 Å². The third-order valence-corrected chi connectivity index (χ3v) is 4.74. The number of non-ortho nitro benzene ring substituents is 1. The van der Waals surface area contributed by atoms with E-state index in [1.807, 2.05) is 30.3 Å². The average Bonchev–Trinajstić information content (AvgIpc) is 3.02. The maximum atomic E-state index is 12.1. The topological polar surface area (TPSA) is 126 Å². The van der Waals surface area contributed by atoms with Gasteiger partial charge in [0, 0.05) is 24.2 Å². The van der Waals surface area contributed by atoms with E-state index in [0.717, 1.165) is 17.3 Å². The van der Waals surface area contributed by atoms with E-state index in [1.54, 1.807) is 6.21 Å². The Morgan fingerprint density at radius 3 is 2.61 bits per heavy atom. The highest BCUT2D eigenvalue weighted by Gasteiger charge is 2.32. The summed E-state index contributed by atoms with van der Waals surface area (Å²) in [6.45, 7) is 0. The third-order valence-electron chi connectivity index (χ3n) is 3.66. The molecule has 1 unspecified atom stereocenters. The van der Waals surface area contributed by atoms with Crippen molar-refractivity contribution < 1.29 is 14.5 Å². The van der Waals surface area contributed by atoms with Crippen molar-refractivity contribution in [3.05, 3.63) is 70.3 Å². The molecule has 1 atom stereocenters. The summed E-state index contributed by atoms with van der Waals surface area (Å²) in [6, 6.07) is 14.8. The van der Waals surface area contributed by atoms with E-state index in [0.29, 0.717) is 10.9 Å². The van der Waals surface area contributed by atoms with Crippen LogP contribution in [-0.4, -0.2) is 33.4 Å². The van der Waals surface area contributed by atoms with Gasteiger partial charge in [0.05, 0.1) is 11.1 Å². The number of thioether (sulfide) groups is 1. The first-order valence-corrected chi connectivity index (χ1v) is 9.07. The van der Waals surface area contributed by atoms with Gasteiger partial charge in [-0.3, -0.25) is 19.7 Å². The minimum absolute atomic E-state index is 0.0606. The number of nitro benzene ring substituents is 1. The summed E-state index contributed by atoms with van der Waals surface area (Å²) in [6.07, 6.45) is 1.50. The minimum Gasteiger partial charge on any atom is -0.326 e. The van der Waals surface area contributed by atoms with Crippen molar-refractivity contribution >= 4 is 46.3 Å². The number of hydrogen-bond donors (Lipinski definition) is 2. The fraction of sp³-hybridized carbons (Fsp3) is 0.111. The second-order valence-corrected chi connectivity index (χ2v) is 6.90. The summed E-state index contributed by atoms with van der Waals surface area (Å²) < 4.78 is 0. The summed E-state index contributed by atoms with van der Waals surface area (Å²) in [5.41, 5.74) is 1.22. The zero-order valence-electron chi connectivity index (χ0n) is 14.4. The number of amidine groups is 1. The Balaban J connectivity index is 1.53. The zero-order chi connectivity index (χ0) is 19.9. The molecule has 2 amide bonds. The normalized spacial score (nSPS) is 17.6. The minimum atomic E-state index is -0.622. The molecule has 1 aliphatic rings. The monoisotopic (exact) mass is 397 g/mol. The molecule has 2 aromatic rings. The fourth-order valence-corrected chi connectivity index (χ4v) is 3.24. The molecule has 0 aliphatic carbocycles. The second-order valence-electron chi connectivity index (χ2n) is 5.71. The molecule has 2 N–H and O–H groups in total. The van der Waals surface area contributed by atoms with Gasteiger partial charge in [0.15, 0.2) is 5.17 Å². The van der Waals surface area contributed by atoms with Gasteiger partial charge >= 0.3 is 0 Å². The van der Waals surface area contributed by atoms with Crippen molar-refractivity contribution in [3.63, 3.8) is 0 Å². The van der Waals surface area contributed by atoms with Gasteiger partial charge in [0.1, 0.15) is 5.25 Å². The lowest BCUT2D eigenvalue weighted by Crippen LogP contribution is -2.28. The molecule has 2 aromatic carbocycles. The number of benzene rings is 2. The first-order valence-electron chi connectivity index (χ1n) is 8.19. The van der Waals surface area contributed by atoms with Crippen LogP contribution in [0.2, 0.25) is 0 Å². The summed E-state index contributed by atoms with van der Waals surface area (Å²) in [7, 11) is 0. The highest BCUT2D eigenvalue weighted by molar-refractivity contribution is 8.15. The summed E-state index contributed by atoms with van der Waals surface area (Å²) >= 11 is 1.12. The van der Waals surface area contributed by atoms with Gasteiger partial charge in [0.2, 0.25) is 11.8 Å². The molecule has 10 heteroatoms. The fourth-order valence-electron chi connectivity index (χ4n) is 2.32. The average molecular weight is 397 g/mol. The summed E-state index contributed by atoms with van der Waals surface area (Å²) in [5.74, 6) is -0.701. The molecule has 0 saturated carbocycles. The Morgan fingerprint density at radius 1 is 1.21 bits per heavy atom. The lowest BCUT2D eigenvalue weighted by Gasteiger charge is -2.07. The maximum Gasteiger partial charge on any atom is 0.269 e. The molecule has 9 nitrogen and oxygen atoms in total.